The first-order chi connectivity index (χ1) is 17.1. The lowest BCUT2D eigenvalue weighted by Crippen LogP contribution is -2.55. The lowest BCUT2D eigenvalue weighted by atomic mass is 9.75. The van der Waals surface area contributed by atoms with E-state index in [-0.39, 0.29) is 16.7 Å². The van der Waals surface area contributed by atoms with Crippen molar-refractivity contribution in [2.24, 2.45) is 0 Å². The van der Waals surface area contributed by atoms with E-state index in [2.05, 4.69) is 5.32 Å². The number of alkyl halides is 3. The monoisotopic (exact) mass is 532 g/mol. The second kappa shape index (κ2) is 8.67. The molecule has 1 aliphatic carbocycles. The Hall–Kier alpha value is -3.30. The Balaban J connectivity index is 1.52. The summed E-state index contributed by atoms with van der Waals surface area (Å²) in [5.41, 5.74) is -2.04. The van der Waals surface area contributed by atoms with Crippen LogP contribution in [0.2, 0.25) is 0 Å². The highest BCUT2D eigenvalue weighted by atomic mass is 32.2. The Morgan fingerprint density at radius 2 is 1.97 bits per heavy atom. The minimum atomic E-state index is -4.76. The topological polar surface area (TPSA) is 85.7 Å². The molecule has 2 aromatic carbocycles. The predicted molar refractivity (Wildman–Crippen MR) is 131 cm³/mol. The highest BCUT2D eigenvalue weighted by molar-refractivity contribution is 7.99. The number of hydrogen-bond donors (Lipinski definition) is 1. The molecular formula is C24H19F3N4O3S2. The Morgan fingerprint density at radius 1 is 1.25 bits per heavy atom. The Morgan fingerprint density at radius 3 is 2.58 bits per heavy atom. The van der Waals surface area contributed by atoms with E-state index >= 15 is 0 Å². The number of ether oxygens (including phenoxy) is 1. The normalized spacial score (nSPS) is 20.5. The van der Waals surface area contributed by atoms with Gasteiger partial charge in [-0.2, -0.15) is 18.4 Å². The second-order valence-electron chi connectivity index (χ2n) is 8.65. The van der Waals surface area contributed by atoms with Crippen molar-refractivity contribution in [2.45, 2.75) is 42.0 Å². The van der Waals surface area contributed by atoms with E-state index in [4.69, 9.17) is 22.2 Å². The lowest BCUT2D eigenvalue weighted by molar-refractivity contribution is -0.137. The molecule has 0 unspecified atom stereocenters. The third-order valence-corrected chi connectivity index (χ3v) is 8.13. The van der Waals surface area contributed by atoms with Gasteiger partial charge in [-0.25, -0.2) is 0 Å². The van der Waals surface area contributed by atoms with Crippen LogP contribution in [0.5, 0.6) is 5.75 Å². The lowest BCUT2D eigenvalue weighted by Gasteiger charge is -2.43. The van der Waals surface area contributed by atoms with Gasteiger partial charge in [-0.05, 0) is 67.9 Å². The minimum Gasteiger partial charge on any atom is -0.479 e. The van der Waals surface area contributed by atoms with E-state index in [1.807, 2.05) is 6.07 Å². The number of nitrogens with one attached hydrogen (secondary N) is 1. The molecule has 2 heterocycles. The van der Waals surface area contributed by atoms with Crippen LogP contribution in [0, 0.1) is 11.3 Å². The van der Waals surface area contributed by atoms with E-state index in [1.165, 1.54) is 24.9 Å². The number of hydrogen-bond acceptors (Lipinski definition) is 6. The molecule has 7 nitrogen and oxygen atoms in total. The molecule has 2 fully saturated rings. The van der Waals surface area contributed by atoms with E-state index in [9.17, 15) is 22.8 Å². The van der Waals surface area contributed by atoms with Crippen molar-refractivity contribution in [3.05, 3.63) is 47.5 Å². The van der Waals surface area contributed by atoms with Gasteiger partial charge in [-0.1, -0.05) is 0 Å². The zero-order valence-corrected chi connectivity index (χ0v) is 20.5. The Labute approximate surface area is 214 Å². The molecule has 1 saturated heterocycles. The zero-order valence-electron chi connectivity index (χ0n) is 18.9. The fourth-order valence-corrected chi connectivity index (χ4v) is 6.18. The van der Waals surface area contributed by atoms with Gasteiger partial charge in [0.1, 0.15) is 11.3 Å². The summed E-state index contributed by atoms with van der Waals surface area (Å²) >= 11 is 7.10. The number of likely N-dealkylation sites (N-methyl/N-ethyl adjacent to an activating group) is 1. The highest BCUT2D eigenvalue weighted by Gasteiger charge is 2.59. The van der Waals surface area contributed by atoms with Crippen LogP contribution in [0.4, 0.5) is 24.5 Å². The van der Waals surface area contributed by atoms with E-state index in [0.717, 1.165) is 28.3 Å². The number of thiocarbonyl (C=S) groups is 1. The average molecular weight is 533 g/mol. The van der Waals surface area contributed by atoms with Crippen LogP contribution in [0.1, 0.15) is 30.4 Å². The van der Waals surface area contributed by atoms with Crippen molar-refractivity contribution >= 4 is 52.3 Å². The molecule has 1 atom stereocenters. The van der Waals surface area contributed by atoms with Gasteiger partial charge in [0.2, 0.25) is 0 Å². The van der Waals surface area contributed by atoms with Crippen molar-refractivity contribution in [3.8, 4) is 11.8 Å². The summed E-state index contributed by atoms with van der Waals surface area (Å²) in [7, 11) is 1.54. The maximum atomic E-state index is 13.6. The van der Waals surface area contributed by atoms with Crippen LogP contribution in [0.25, 0.3) is 0 Å². The molecule has 0 radical (unpaired) electrons. The van der Waals surface area contributed by atoms with E-state index in [1.54, 1.807) is 23.1 Å². The summed E-state index contributed by atoms with van der Waals surface area (Å²) in [4.78, 5) is 29.2. The fraction of sp³-hybridized carbons (Fsp3) is 0.333. The number of nitriles is 1. The number of benzene rings is 2. The molecule has 36 heavy (non-hydrogen) atoms. The summed E-state index contributed by atoms with van der Waals surface area (Å²) in [6.07, 6.45) is -3.60. The van der Waals surface area contributed by atoms with Crippen LogP contribution in [-0.4, -0.2) is 41.4 Å². The number of carbonyl (C=O) groups is 2. The van der Waals surface area contributed by atoms with Crippen molar-refractivity contribution in [3.63, 3.8) is 0 Å². The van der Waals surface area contributed by atoms with Gasteiger partial charge in [0.15, 0.2) is 11.2 Å². The molecule has 186 valence electrons. The number of nitrogens with zero attached hydrogens (tertiary/aromatic N) is 3. The molecule has 0 aromatic heterocycles. The van der Waals surface area contributed by atoms with Crippen molar-refractivity contribution < 1.29 is 27.5 Å². The van der Waals surface area contributed by atoms with Crippen LogP contribution in [-0.2, 0) is 15.8 Å². The molecular weight excluding hydrogens is 513 g/mol. The molecule has 1 spiro atoms. The third kappa shape index (κ3) is 3.69. The van der Waals surface area contributed by atoms with Gasteiger partial charge in [0, 0.05) is 18.5 Å². The summed E-state index contributed by atoms with van der Waals surface area (Å²) in [5, 5.41) is 11.8. The number of fused-ring (bicyclic) bond motifs is 1. The van der Waals surface area contributed by atoms with Crippen LogP contribution in [0.15, 0.2) is 41.3 Å². The number of anilines is 2. The molecule has 12 heteroatoms. The van der Waals surface area contributed by atoms with Crippen molar-refractivity contribution in [2.75, 3.05) is 22.6 Å². The first-order valence-corrected chi connectivity index (χ1v) is 12.5. The summed E-state index contributed by atoms with van der Waals surface area (Å²) in [5.74, 6) is 0.315. The summed E-state index contributed by atoms with van der Waals surface area (Å²) in [6.45, 7) is 0. The van der Waals surface area contributed by atoms with E-state index in [0.29, 0.717) is 30.0 Å². The smallest absolute Gasteiger partial charge is 0.417 e. The number of carbonyl (C=O) groups excluding carboxylic acids is 2. The van der Waals surface area contributed by atoms with Crippen LogP contribution >= 0.6 is 24.0 Å². The molecule has 2 aliphatic heterocycles. The first-order valence-electron chi connectivity index (χ1n) is 11.1. The number of halogens is 3. The van der Waals surface area contributed by atoms with Gasteiger partial charge in [0.25, 0.3) is 11.8 Å². The van der Waals surface area contributed by atoms with Crippen molar-refractivity contribution in [1.82, 2.24) is 5.32 Å². The molecule has 1 saturated carbocycles. The minimum absolute atomic E-state index is 0.0332. The van der Waals surface area contributed by atoms with Crippen LogP contribution < -0.4 is 19.9 Å². The zero-order chi connectivity index (χ0) is 25.8. The van der Waals surface area contributed by atoms with Gasteiger partial charge in [0.05, 0.1) is 27.8 Å². The van der Waals surface area contributed by atoms with Crippen LogP contribution in [0.3, 0.4) is 0 Å². The Bertz CT molecular complexity index is 1340. The van der Waals surface area contributed by atoms with Crippen molar-refractivity contribution in [1.29, 1.82) is 5.26 Å². The fourth-order valence-electron chi connectivity index (χ4n) is 4.70. The molecule has 3 aliphatic rings. The first kappa shape index (κ1) is 24.4. The van der Waals surface area contributed by atoms with E-state index < -0.39 is 34.9 Å². The Kier molecular flexibility index (Phi) is 5.88. The van der Waals surface area contributed by atoms with Gasteiger partial charge < -0.3 is 15.0 Å². The maximum absolute atomic E-state index is 13.6. The van der Waals surface area contributed by atoms with Gasteiger partial charge in [-0.15, -0.1) is 11.8 Å². The third-order valence-electron chi connectivity index (χ3n) is 6.66. The predicted octanol–water partition coefficient (Wildman–Crippen LogP) is 4.24. The number of rotatable bonds is 3. The molecule has 2 amide bonds. The highest BCUT2D eigenvalue weighted by Crippen LogP contribution is 2.50. The standard InChI is InChI=1S/C24H19F3N4O3S2/c1-29-20(32)18-12-36-19-10-15(5-6-17(19)34-18)31-22(35)30(21(33)23(31)7-2-8-23)14-4-3-13(11-28)16(9-14)24(25,26)27/h3-6,9-10,18H,2,7-8,12H2,1H3,(H,29,32)/t18-/m0/s1. The second-order valence-corrected chi connectivity index (χ2v) is 10.1. The largest absolute Gasteiger partial charge is 0.479 e. The molecule has 1 N–H and O–H groups in total. The van der Waals surface area contributed by atoms with Gasteiger partial charge >= 0.3 is 6.18 Å². The quantitative estimate of drug-likeness (QED) is 0.592. The van der Waals surface area contributed by atoms with Gasteiger partial charge in [-0.3, -0.25) is 14.5 Å². The number of thioether (sulfide) groups is 1. The summed E-state index contributed by atoms with van der Waals surface area (Å²) < 4.78 is 46.6. The SMILES string of the molecule is CNC(=O)[C@@H]1CSc2cc(N3C(=S)N(c4ccc(C#N)c(C(F)(F)F)c4)C(=O)C34CCC4)ccc2O1. The summed E-state index contributed by atoms with van der Waals surface area (Å²) in [6, 6.07) is 9.98. The molecule has 2 aromatic rings. The maximum Gasteiger partial charge on any atom is 0.417 e. The number of amides is 2. The average Bonchev–Trinajstić information content (AvgIpc) is 3.08. The molecule has 0 bridgehead atoms. The molecule has 5 rings (SSSR count).